The minimum atomic E-state index is -0.247. The van der Waals surface area contributed by atoms with E-state index in [1.54, 1.807) is 40.9 Å². The first-order chi connectivity index (χ1) is 13.1. The summed E-state index contributed by atoms with van der Waals surface area (Å²) in [5.74, 6) is 0.277. The molecule has 6 nitrogen and oxygen atoms in total. The van der Waals surface area contributed by atoms with Gasteiger partial charge in [-0.1, -0.05) is 41.4 Å². The minimum absolute atomic E-state index is 0.184. The Hall–Kier alpha value is -2.96. The normalized spacial score (nSPS) is 10.9. The van der Waals surface area contributed by atoms with Gasteiger partial charge in [0.2, 0.25) is 0 Å². The zero-order valence-corrected chi connectivity index (χ0v) is 15.4. The third-order valence-electron chi connectivity index (χ3n) is 3.96. The number of hydrogen-bond acceptors (Lipinski definition) is 4. The molecule has 0 atom stereocenters. The van der Waals surface area contributed by atoms with Crippen LogP contribution in [0.15, 0.2) is 60.7 Å². The molecule has 1 amide bonds. The molecule has 0 spiro atoms. The lowest BCUT2D eigenvalue weighted by Crippen LogP contribution is -2.24. The highest BCUT2D eigenvalue weighted by atomic mass is 35.5. The maximum absolute atomic E-state index is 12.3. The van der Waals surface area contributed by atoms with Crippen LogP contribution in [0.2, 0.25) is 10.0 Å². The molecule has 0 bridgehead atoms. The number of nitrogens with zero attached hydrogens (tertiary/aromatic N) is 4. The molecule has 2 aromatic heterocycles. The molecule has 4 aromatic rings. The summed E-state index contributed by atoms with van der Waals surface area (Å²) in [5, 5.41) is 16.8. The molecule has 0 fully saturated rings. The van der Waals surface area contributed by atoms with Crippen LogP contribution in [0.1, 0.15) is 16.2 Å². The summed E-state index contributed by atoms with van der Waals surface area (Å²) in [4.78, 5) is 12.3. The fourth-order valence-corrected chi connectivity index (χ4v) is 2.93. The molecule has 0 aliphatic rings. The quantitative estimate of drug-likeness (QED) is 0.564. The minimum Gasteiger partial charge on any atom is -0.345 e. The van der Waals surface area contributed by atoms with Gasteiger partial charge in [0.1, 0.15) is 0 Å². The highest BCUT2D eigenvalue weighted by Crippen LogP contribution is 2.20. The monoisotopic (exact) mass is 397 g/mol. The van der Waals surface area contributed by atoms with Gasteiger partial charge in [0, 0.05) is 21.2 Å². The van der Waals surface area contributed by atoms with Crippen LogP contribution in [0.5, 0.6) is 0 Å². The first-order valence-corrected chi connectivity index (χ1v) is 8.87. The van der Waals surface area contributed by atoms with Crippen molar-refractivity contribution in [1.82, 2.24) is 25.1 Å². The van der Waals surface area contributed by atoms with Crippen LogP contribution < -0.4 is 5.32 Å². The molecule has 0 unspecified atom stereocenters. The number of aromatic nitrogens is 4. The number of nitrogens with one attached hydrogen (secondary N) is 1. The number of benzene rings is 2. The summed E-state index contributed by atoms with van der Waals surface area (Å²) < 4.78 is 1.61. The maximum Gasteiger partial charge on any atom is 0.251 e. The highest BCUT2D eigenvalue weighted by molar-refractivity contribution is 6.31. The van der Waals surface area contributed by atoms with Crippen molar-refractivity contribution in [1.29, 1.82) is 0 Å². The fraction of sp³-hybridized carbons (Fsp3) is 0.0526. The molecule has 2 aromatic carbocycles. The molecular weight excluding hydrogens is 385 g/mol. The van der Waals surface area contributed by atoms with E-state index in [0.29, 0.717) is 27.1 Å². The van der Waals surface area contributed by atoms with E-state index in [-0.39, 0.29) is 12.5 Å². The van der Waals surface area contributed by atoms with Crippen molar-refractivity contribution in [2.24, 2.45) is 0 Å². The van der Waals surface area contributed by atoms with Gasteiger partial charge in [-0.2, -0.15) is 9.61 Å². The Labute approximate surface area is 164 Å². The number of carbonyl (C=O) groups excluding carboxylic acids is 1. The van der Waals surface area contributed by atoms with E-state index in [0.717, 1.165) is 11.3 Å². The van der Waals surface area contributed by atoms with Gasteiger partial charge in [-0.15, -0.1) is 10.2 Å². The van der Waals surface area contributed by atoms with Crippen LogP contribution in [0.25, 0.3) is 16.9 Å². The van der Waals surface area contributed by atoms with Crippen molar-refractivity contribution in [2.45, 2.75) is 6.54 Å². The Morgan fingerprint density at radius 3 is 2.56 bits per heavy atom. The summed E-state index contributed by atoms with van der Waals surface area (Å²) in [6, 6.07) is 17.8. The van der Waals surface area contributed by atoms with Gasteiger partial charge >= 0.3 is 0 Å². The summed E-state index contributed by atoms with van der Waals surface area (Å²) in [6.45, 7) is 0.184. The van der Waals surface area contributed by atoms with Crippen molar-refractivity contribution in [2.75, 3.05) is 0 Å². The molecule has 134 valence electrons. The molecule has 4 rings (SSSR count). The summed E-state index contributed by atoms with van der Waals surface area (Å²) in [5.41, 5.74) is 2.75. The van der Waals surface area contributed by atoms with Gasteiger partial charge in [0.15, 0.2) is 11.5 Å². The lowest BCUT2D eigenvalue weighted by molar-refractivity contribution is 0.0949. The number of carbonyl (C=O) groups is 1. The number of amides is 1. The van der Waals surface area contributed by atoms with Gasteiger partial charge in [-0.25, -0.2) is 0 Å². The van der Waals surface area contributed by atoms with Gasteiger partial charge < -0.3 is 5.32 Å². The number of fused-ring (bicyclic) bond motifs is 1. The Morgan fingerprint density at radius 1 is 0.963 bits per heavy atom. The second-order valence-corrected chi connectivity index (χ2v) is 6.68. The van der Waals surface area contributed by atoms with Crippen LogP contribution in [0, 0.1) is 0 Å². The van der Waals surface area contributed by atoms with E-state index in [1.165, 1.54) is 0 Å². The van der Waals surface area contributed by atoms with Crippen LogP contribution in [-0.4, -0.2) is 25.7 Å². The Bertz CT molecular complexity index is 1120. The predicted molar refractivity (Wildman–Crippen MR) is 104 cm³/mol. The van der Waals surface area contributed by atoms with Crippen LogP contribution in [0.4, 0.5) is 0 Å². The summed E-state index contributed by atoms with van der Waals surface area (Å²) >= 11 is 11.9. The van der Waals surface area contributed by atoms with E-state index in [9.17, 15) is 4.79 Å². The number of halogens is 2. The van der Waals surface area contributed by atoms with Gasteiger partial charge in [0.25, 0.3) is 5.91 Å². The Balaban J connectivity index is 1.58. The Kier molecular flexibility index (Phi) is 4.75. The van der Waals surface area contributed by atoms with Gasteiger partial charge in [-0.05, 0) is 42.5 Å². The lowest BCUT2D eigenvalue weighted by Gasteiger charge is -2.06. The molecule has 8 heteroatoms. The average Bonchev–Trinajstić information content (AvgIpc) is 3.09. The fourth-order valence-electron chi connectivity index (χ4n) is 2.61. The van der Waals surface area contributed by atoms with E-state index in [1.807, 2.05) is 24.3 Å². The second-order valence-electron chi connectivity index (χ2n) is 5.80. The smallest absolute Gasteiger partial charge is 0.251 e. The highest BCUT2D eigenvalue weighted by Gasteiger charge is 2.11. The standard InChI is InChI=1S/C19H13Cl2N5O/c20-14-6-4-12(5-7-14)16-8-9-17-23-24-18(26(17)25-16)11-22-19(27)13-2-1-3-15(21)10-13/h1-10H,11H2,(H,22,27). The SMILES string of the molecule is O=C(NCc1nnc2ccc(-c3ccc(Cl)cc3)nn12)c1cccc(Cl)c1. The predicted octanol–water partition coefficient (Wildman–Crippen LogP) is 4.03. The zero-order chi connectivity index (χ0) is 18.8. The molecule has 0 radical (unpaired) electrons. The molecule has 0 aliphatic heterocycles. The summed E-state index contributed by atoms with van der Waals surface area (Å²) in [7, 11) is 0. The van der Waals surface area contributed by atoms with E-state index >= 15 is 0 Å². The van der Waals surface area contributed by atoms with Gasteiger partial charge in [0.05, 0.1) is 12.2 Å². The molecule has 0 saturated carbocycles. The third kappa shape index (κ3) is 3.77. The van der Waals surface area contributed by atoms with Crippen molar-refractivity contribution in [3.63, 3.8) is 0 Å². The summed E-state index contributed by atoms with van der Waals surface area (Å²) in [6.07, 6.45) is 0. The lowest BCUT2D eigenvalue weighted by atomic mass is 10.1. The third-order valence-corrected chi connectivity index (χ3v) is 4.45. The first kappa shape index (κ1) is 17.5. The van der Waals surface area contributed by atoms with Crippen molar-refractivity contribution >= 4 is 34.8 Å². The second kappa shape index (κ2) is 7.34. The van der Waals surface area contributed by atoms with Crippen molar-refractivity contribution in [3.05, 3.63) is 82.1 Å². The number of rotatable bonds is 4. The largest absolute Gasteiger partial charge is 0.345 e. The topological polar surface area (TPSA) is 72.2 Å². The van der Waals surface area contributed by atoms with E-state index in [2.05, 4.69) is 20.6 Å². The van der Waals surface area contributed by atoms with Crippen LogP contribution >= 0.6 is 23.2 Å². The Morgan fingerprint density at radius 2 is 1.78 bits per heavy atom. The molecule has 1 N–H and O–H groups in total. The van der Waals surface area contributed by atoms with Crippen LogP contribution in [-0.2, 0) is 6.54 Å². The molecule has 2 heterocycles. The molecular formula is C19H13Cl2N5O. The van der Waals surface area contributed by atoms with Crippen LogP contribution in [0.3, 0.4) is 0 Å². The molecule has 0 aliphatic carbocycles. The van der Waals surface area contributed by atoms with Crippen molar-refractivity contribution in [3.8, 4) is 11.3 Å². The zero-order valence-electron chi connectivity index (χ0n) is 13.9. The average molecular weight is 398 g/mol. The molecule has 0 saturated heterocycles. The maximum atomic E-state index is 12.3. The van der Waals surface area contributed by atoms with E-state index in [4.69, 9.17) is 23.2 Å². The first-order valence-electron chi connectivity index (χ1n) is 8.11. The van der Waals surface area contributed by atoms with E-state index < -0.39 is 0 Å². The van der Waals surface area contributed by atoms with Crippen molar-refractivity contribution < 1.29 is 4.79 Å². The molecule has 27 heavy (non-hydrogen) atoms. The number of hydrogen-bond donors (Lipinski definition) is 1. The van der Waals surface area contributed by atoms with Gasteiger partial charge in [-0.3, -0.25) is 4.79 Å².